The van der Waals surface area contributed by atoms with Gasteiger partial charge in [-0.3, -0.25) is 9.40 Å². The van der Waals surface area contributed by atoms with Crippen LogP contribution < -0.4 is 15.4 Å². The molecule has 4 rings (SSSR count). The van der Waals surface area contributed by atoms with E-state index in [0.29, 0.717) is 29.8 Å². The van der Waals surface area contributed by atoms with Gasteiger partial charge in [0.25, 0.3) is 0 Å². The van der Waals surface area contributed by atoms with Gasteiger partial charge in [-0.15, -0.1) is 0 Å². The van der Waals surface area contributed by atoms with Crippen LogP contribution >= 0.6 is 11.6 Å². The molecule has 0 spiro atoms. The first-order valence-corrected chi connectivity index (χ1v) is 15.8. The number of piperidine rings is 1. The molecule has 3 aromatic rings. The Bertz CT molecular complexity index is 1530. The predicted molar refractivity (Wildman–Crippen MR) is 161 cm³/mol. The van der Waals surface area contributed by atoms with Crippen LogP contribution in [0.4, 0.5) is 20.8 Å². The van der Waals surface area contributed by atoms with Crippen LogP contribution in [-0.2, 0) is 14.8 Å². The average Bonchev–Trinajstić information content (AvgIpc) is 3.38. The lowest BCUT2D eigenvalue weighted by Crippen LogP contribution is -2.39. The number of ether oxygens (including phenoxy) is 1. The SMILES string of the molecule is COC(=O)N[C@@H](C)CNc1nccc(-c2cn(C3CCN(C(C)C)CC3)nc2-c2cc(Cl)cc(NS(C)(=O)=O)c2F)n1. The van der Waals surface area contributed by atoms with Crippen LogP contribution in [0.25, 0.3) is 22.5 Å². The van der Waals surface area contributed by atoms with Crippen molar-refractivity contribution in [2.45, 2.75) is 51.7 Å². The summed E-state index contributed by atoms with van der Waals surface area (Å²) in [6.07, 6.45) is 5.51. The van der Waals surface area contributed by atoms with E-state index in [1.54, 1.807) is 19.2 Å². The van der Waals surface area contributed by atoms with E-state index >= 15 is 4.39 Å². The highest BCUT2D eigenvalue weighted by Crippen LogP contribution is 2.38. The Morgan fingerprint density at radius 3 is 2.57 bits per heavy atom. The van der Waals surface area contributed by atoms with Crippen molar-refractivity contribution in [2.75, 3.05) is 43.0 Å². The molecule has 1 aromatic carbocycles. The van der Waals surface area contributed by atoms with Gasteiger partial charge in [0.1, 0.15) is 5.69 Å². The largest absolute Gasteiger partial charge is 0.453 e. The van der Waals surface area contributed by atoms with Crippen molar-refractivity contribution in [2.24, 2.45) is 0 Å². The molecular formula is C27H36ClFN8O4S. The lowest BCUT2D eigenvalue weighted by Gasteiger charge is -2.34. The normalized spacial score (nSPS) is 15.4. The van der Waals surface area contributed by atoms with Crippen LogP contribution in [0.2, 0.25) is 5.02 Å². The minimum atomic E-state index is -3.77. The molecule has 0 radical (unpaired) electrons. The van der Waals surface area contributed by atoms with E-state index in [9.17, 15) is 13.2 Å². The molecule has 0 saturated carbocycles. The van der Waals surface area contributed by atoms with Gasteiger partial charge in [0, 0.05) is 60.3 Å². The highest BCUT2D eigenvalue weighted by atomic mass is 35.5. The number of halogens is 2. The number of aromatic nitrogens is 4. The van der Waals surface area contributed by atoms with Gasteiger partial charge in [0.05, 0.1) is 30.8 Å². The minimum Gasteiger partial charge on any atom is -0.453 e. The third-order valence-corrected chi connectivity index (χ3v) is 7.78. The lowest BCUT2D eigenvalue weighted by molar-refractivity contribution is 0.147. The first-order chi connectivity index (χ1) is 19.8. The number of nitrogens with one attached hydrogen (secondary N) is 3. The van der Waals surface area contributed by atoms with Crippen molar-refractivity contribution in [3.05, 3.63) is 41.4 Å². The van der Waals surface area contributed by atoms with Crippen molar-refractivity contribution in [3.63, 3.8) is 0 Å². The van der Waals surface area contributed by atoms with E-state index in [0.717, 1.165) is 32.2 Å². The van der Waals surface area contributed by atoms with E-state index in [-0.39, 0.29) is 34.1 Å². The number of benzene rings is 1. The van der Waals surface area contributed by atoms with Gasteiger partial charge in [-0.25, -0.2) is 27.6 Å². The molecule has 2 aromatic heterocycles. The maximum atomic E-state index is 15.8. The monoisotopic (exact) mass is 622 g/mol. The molecule has 0 aliphatic carbocycles. The Hall–Kier alpha value is -3.49. The van der Waals surface area contributed by atoms with E-state index < -0.39 is 21.9 Å². The number of carbonyl (C=O) groups excluding carboxylic acids is 1. The van der Waals surface area contributed by atoms with Crippen LogP contribution in [0.15, 0.2) is 30.6 Å². The maximum absolute atomic E-state index is 15.8. The number of rotatable bonds is 10. The van der Waals surface area contributed by atoms with Gasteiger partial charge in [-0.2, -0.15) is 5.10 Å². The molecule has 1 fully saturated rings. The number of hydrogen-bond donors (Lipinski definition) is 3. The molecule has 0 unspecified atom stereocenters. The second kappa shape index (κ2) is 13.2. The molecule has 1 saturated heterocycles. The molecule has 1 amide bonds. The summed E-state index contributed by atoms with van der Waals surface area (Å²) in [6.45, 7) is 8.26. The quantitative estimate of drug-likeness (QED) is 0.300. The molecule has 228 valence electrons. The zero-order chi connectivity index (χ0) is 30.6. The summed E-state index contributed by atoms with van der Waals surface area (Å²) in [5.74, 6) is -0.512. The van der Waals surface area contributed by atoms with Crippen LogP contribution in [0.5, 0.6) is 0 Å². The fourth-order valence-corrected chi connectivity index (χ4v) is 5.58. The Balaban J connectivity index is 1.73. The van der Waals surface area contributed by atoms with Crippen molar-refractivity contribution < 1.29 is 22.3 Å². The van der Waals surface area contributed by atoms with Crippen LogP contribution in [-0.4, -0.2) is 84.2 Å². The minimum absolute atomic E-state index is 0.0334. The number of likely N-dealkylation sites (tertiary alicyclic amines) is 1. The summed E-state index contributed by atoms with van der Waals surface area (Å²) in [4.78, 5) is 22.8. The summed E-state index contributed by atoms with van der Waals surface area (Å²) in [7, 11) is -2.48. The molecule has 42 heavy (non-hydrogen) atoms. The van der Waals surface area contributed by atoms with Crippen LogP contribution in [0.3, 0.4) is 0 Å². The Labute approximate surface area is 250 Å². The van der Waals surface area contributed by atoms with Crippen molar-refractivity contribution in [3.8, 4) is 22.5 Å². The fourth-order valence-electron chi connectivity index (χ4n) is 4.82. The van der Waals surface area contributed by atoms with E-state index in [2.05, 4.69) is 48.8 Å². The van der Waals surface area contributed by atoms with Gasteiger partial charge >= 0.3 is 6.09 Å². The topological polar surface area (TPSA) is 143 Å². The fraction of sp³-hybridized carbons (Fsp3) is 0.481. The van der Waals surface area contributed by atoms with Crippen LogP contribution in [0, 0.1) is 5.82 Å². The van der Waals surface area contributed by atoms with Gasteiger partial charge < -0.3 is 20.3 Å². The highest BCUT2D eigenvalue weighted by molar-refractivity contribution is 7.92. The van der Waals surface area contributed by atoms with Crippen molar-refractivity contribution in [1.82, 2.24) is 30.0 Å². The predicted octanol–water partition coefficient (Wildman–Crippen LogP) is 4.37. The number of carbonyl (C=O) groups is 1. The molecule has 0 bridgehead atoms. The number of methoxy groups -OCH3 is 1. The third-order valence-electron chi connectivity index (χ3n) is 6.97. The van der Waals surface area contributed by atoms with Gasteiger partial charge in [-0.05, 0) is 51.8 Å². The Morgan fingerprint density at radius 2 is 1.93 bits per heavy atom. The average molecular weight is 623 g/mol. The molecule has 1 aliphatic heterocycles. The Kier molecular flexibility index (Phi) is 9.89. The summed E-state index contributed by atoms with van der Waals surface area (Å²) in [5, 5.41) is 10.7. The summed E-state index contributed by atoms with van der Waals surface area (Å²) < 4.78 is 48.3. The summed E-state index contributed by atoms with van der Waals surface area (Å²) in [5.41, 5.74) is 1.02. The maximum Gasteiger partial charge on any atom is 0.407 e. The third kappa shape index (κ3) is 7.86. The summed E-state index contributed by atoms with van der Waals surface area (Å²) in [6, 6.07) is 4.56. The molecule has 15 heteroatoms. The zero-order valence-electron chi connectivity index (χ0n) is 24.2. The molecule has 1 atom stereocenters. The van der Waals surface area contributed by atoms with E-state index in [1.165, 1.54) is 19.2 Å². The van der Waals surface area contributed by atoms with Crippen molar-refractivity contribution in [1.29, 1.82) is 0 Å². The number of alkyl carbamates (subject to hydrolysis) is 1. The number of sulfonamides is 1. The molecular weight excluding hydrogens is 587 g/mol. The van der Waals surface area contributed by atoms with Gasteiger partial charge in [0.15, 0.2) is 5.82 Å². The molecule has 12 nitrogen and oxygen atoms in total. The van der Waals surface area contributed by atoms with E-state index in [1.807, 2.05) is 10.9 Å². The first-order valence-electron chi connectivity index (χ1n) is 13.6. The summed E-state index contributed by atoms with van der Waals surface area (Å²) >= 11 is 6.33. The number of nitrogens with zero attached hydrogens (tertiary/aromatic N) is 5. The molecule has 1 aliphatic rings. The molecule has 3 N–H and O–H groups in total. The number of amides is 1. The first kappa shape index (κ1) is 31.4. The smallest absolute Gasteiger partial charge is 0.407 e. The Morgan fingerprint density at radius 1 is 1.21 bits per heavy atom. The zero-order valence-corrected chi connectivity index (χ0v) is 25.8. The lowest BCUT2D eigenvalue weighted by atomic mass is 10.0. The standard InChI is InChI=1S/C27H36ClFN8O4S/c1-16(2)36-10-7-19(8-11-36)37-15-21(22-6-9-30-26(33-22)31-14-17(3)32-27(38)41-4)25(34-37)20-12-18(28)13-23(24(20)29)35-42(5,39)40/h6,9,12-13,15-17,19,35H,7-8,10-11,14H2,1-5H3,(H,32,38)(H,30,31,33)/t17-/m0/s1. The number of anilines is 2. The second-order valence-electron chi connectivity index (χ2n) is 10.6. The van der Waals surface area contributed by atoms with Gasteiger partial charge in [-0.1, -0.05) is 11.6 Å². The second-order valence-corrected chi connectivity index (χ2v) is 12.8. The highest BCUT2D eigenvalue weighted by Gasteiger charge is 2.27. The van der Waals surface area contributed by atoms with Gasteiger partial charge in [0.2, 0.25) is 16.0 Å². The molecule has 3 heterocycles. The van der Waals surface area contributed by atoms with E-state index in [4.69, 9.17) is 16.7 Å². The van der Waals surface area contributed by atoms with Crippen molar-refractivity contribution >= 4 is 39.4 Å². The van der Waals surface area contributed by atoms with Crippen LogP contribution in [0.1, 0.15) is 39.7 Å². The number of hydrogen-bond acceptors (Lipinski definition) is 9.